The molecule has 5 heteroatoms. The highest BCUT2D eigenvalue weighted by molar-refractivity contribution is 5.85. The van der Waals surface area contributed by atoms with Gasteiger partial charge >= 0.3 is 0 Å². The number of hydrogen-bond donors (Lipinski definition) is 1. The fourth-order valence-corrected chi connectivity index (χ4v) is 4.78. The second kappa shape index (κ2) is 6.83. The maximum Gasteiger partial charge on any atom is 0.240 e. The van der Waals surface area contributed by atoms with Crippen LogP contribution in [-0.2, 0) is 10.2 Å². The average molecular weight is 354 g/mol. The molecular weight excluding hydrogens is 328 g/mol. The fraction of sp³-hybridized carbons (Fsp3) is 0.619. The van der Waals surface area contributed by atoms with Gasteiger partial charge in [0, 0.05) is 12.0 Å². The van der Waals surface area contributed by atoms with Gasteiger partial charge in [0.15, 0.2) is 11.5 Å². The van der Waals surface area contributed by atoms with Crippen molar-refractivity contribution < 1.29 is 14.3 Å². The third-order valence-electron chi connectivity index (χ3n) is 6.41. The minimum absolute atomic E-state index is 0.0687. The van der Waals surface area contributed by atoms with E-state index < -0.39 is 5.41 Å². The molecule has 2 fully saturated rings. The lowest BCUT2D eigenvalue weighted by Gasteiger charge is -2.32. The first-order valence-corrected chi connectivity index (χ1v) is 9.77. The monoisotopic (exact) mass is 354 g/mol. The highest BCUT2D eigenvalue weighted by atomic mass is 16.6. The Morgan fingerprint density at radius 2 is 1.69 bits per heavy atom. The Morgan fingerprint density at radius 3 is 2.38 bits per heavy atom. The Hall–Kier alpha value is -2.22. The molecule has 1 N–H and O–H groups in total. The molecule has 1 aromatic rings. The van der Waals surface area contributed by atoms with E-state index in [1.807, 2.05) is 6.07 Å². The van der Waals surface area contributed by atoms with E-state index in [2.05, 4.69) is 23.5 Å². The van der Waals surface area contributed by atoms with E-state index in [9.17, 15) is 10.1 Å². The van der Waals surface area contributed by atoms with Crippen molar-refractivity contribution >= 4 is 5.91 Å². The molecule has 0 spiro atoms. The van der Waals surface area contributed by atoms with Crippen molar-refractivity contribution in [3.63, 3.8) is 0 Å². The molecule has 3 aliphatic rings. The Balaban J connectivity index is 1.54. The predicted molar refractivity (Wildman–Crippen MR) is 97.1 cm³/mol. The van der Waals surface area contributed by atoms with Gasteiger partial charge in [-0.1, -0.05) is 31.7 Å². The average Bonchev–Trinajstić information content (AvgIpc) is 3.36. The molecule has 1 aromatic carbocycles. The number of nitrogens with one attached hydrogen (secondary N) is 1. The van der Waals surface area contributed by atoms with Gasteiger partial charge in [-0.15, -0.1) is 0 Å². The molecule has 0 saturated heterocycles. The minimum Gasteiger partial charge on any atom is -0.486 e. The number of carbonyl (C=O) groups is 1. The molecular formula is C21H26N2O3. The zero-order valence-corrected chi connectivity index (χ0v) is 15.2. The third-order valence-corrected chi connectivity index (χ3v) is 6.41. The summed E-state index contributed by atoms with van der Waals surface area (Å²) in [5.74, 6) is 1.52. The van der Waals surface area contributed by atoms with E-state index in [4.69, 9.17) is 9.47 Å². The number of amides is 1. The highest BCUT2D eigenvalue weighted by Gasteiger charge is 2.43. The topological polar surface area (TPSA) is 71.4 Å². The van der Waals surface area contributed by atoms with E-state index in [0.717, 1.165) is 50.0 Å². The smallest absolute Gasteiger partial charge is 0.240 e. The van der Waals surface area contributed by atoms with E-state index in [1.165, 1.54) is 5.56 Å². The summed E-state index contributed by atoms with van der Waals surface area (Å²) in [5, 5.41) is 12.7. The molecule has 2 aliphatic carbocycles. The standard InChI is InChI=1S/C21H26N2O3/c22-14-20(7-1-2-8-20)19(24)23-15-21(9-3-4-10-21)16-5-6-17-18(13-16)26-12-11-25-17/h5-6,13H,1-4,7-12,15H2,(H,23,24). The van der Waals surface area contributed by atoms with Crippen LogP contribution in [0.5, 0.6) is 11.5 Å². The SMILES string of the molecule is N#CC1(C(=O)NCC2(c3ccc4c(c3)OCCO4)CCCC2)CCCC1. The number of nitriles is 1. The van der Waals surface area contributed by atoms with Crippen LogP contribution in [0.25, 0.3) is 0 Å². The number of hydrogen-bond acceptors (Lipinski definition) is 4. The van der Waals surface area contributed by atoms with E-state index in [-0.39, 0.29) is 11.3 Å². The van der Waals surface area contributed by atoms with Gasteiger partial charge in [-0.3, -0.25) is 4.79 Å². The van der Waals surface area contributed by atoms with Crippen LogP contribution in [0.4, 0.5) is 0 Å². The zero-order chi connectivity index (χ0) is 18.0. The van der Waals surface area contributed by atoms with Crippen LogP contribution in [-0.4, -0.2) is 25.7 Å². The van der Waals surface area contributed by atoms with Crippen molar-refractivity contribution in [1.29, 1.82) is 5.26 Å². The van der Waals surface area contributed by atoms with Gasteiger partial charge in [-0.2, -0.15) is 5.26 Å². The molecule has 2 saturated carbocycles. The second-order valence-electron chi connectivity index (χ2n) is 7.93. The van der Waals surface area contributed by atoms with Gasteiger partial charge in [-0.25, -0.2) is 0 Å². The van der Waals surface area contributed by atoms with Gasteiger partial charge in [-0.05, 0) is 43.4 Å². The van der Waals surface area contributed by atoms with Gasteiger partial charge in [0.25, 0.3) is 0 Å². The lowest BCUT2D eigenvalue weighted by molar-refractivity contribution is -0.128. The summed E-state index contributed by atoms with van der Waals surface area (Å²) in [5.41, 5.74) is 0.324. The summed E-state index contributed by atoms with van der Waals surface area (Å²) >= 11 is 0. The molecule has 0 aromatic heterocycles. The number of fused-ring (bicyclic) bond motifs is 1. The molecule has 138 valence electrons. The Kier molecular flexibility index (Phi) is 4.52. The normalized spacial score (nSPS) is 22.6. The Morgan fingerprint density at radius 1 is 1.04 bits per heavy atom. The number of nitrogens with zero attached hydrogens (tertiary/aromatic N) is 1. The summed E-state index contributed by atoms with van der Waals surface area (Å²) in [6.07, 6.45) is 7.72. The number of carbonyl (C=O) groups excluding carboxylic acids is 1. The first-order chi connectivity index (χ1) is 12.7. The molecule has 26 heavy (non-hydrogen) atoms. The largest absolute Gasteiger partial charge is 0.486 e. The molecule has 1 heterocycles. The lowest BCUT2D eigenvalue weighted by atomic mass is 9.78. The molecule has 0 bridgehead atoms. The summed E-state index contributed by atoms with van der Waals surface area (Å²) in [7, 11) is 0. The summed E-state index contributed by atoms with van der Waals surface area (Å²) in [6, 6.07) is 8.48. The summed E-state index contributed by atoms with van der Waals surface area (Å²) < 4.78 is 11.4. The molecule has 1 aliphatic heterocycles. The summed E-state index contributed by atoms with van der Waals surface area (Å²) in [6.45, 7) is 1.75. The van der Waals surface area contributed by atoms with E-state index >= 15 is 0 Å². The van der Waals surface area contributed by atoms with Crippen LogP contribution >= 0.6 is 0 Å². The molecule has 0 radical (unpaired) electrons. The predicted octanol–water partition coefficient (Wildman–Crippen LogP) is 3.47. The fourth-order valence-electron chi connectivity index (χ4n) is 4.78. The zero-order valence-electron chi connectivity index (χ0n) is 15.2. The van der Waals surface area contributed by atoms with Gasteiger partial charge in [0.2, 0.25) is 5.91 Å². The maximum atomic E-state index is 12.8. The first-order valence-electron chi connectivity index (χ1n) is 9.77. The molecule has 1 amide bonds. The van der Waals surface area contributed by atoms with Crippen molar-refractivity contribution in [1.82, 2.24) is 5.32 Å². The lowest BCUT2D eigenvalue weighted by Crippen LogP contribution is -2.45. The number of rotatable bonds is 4. The number of ether oxygens (including phenoxy) is 2. The molecule has 5 nitrogen and oxygen atoms in total. The first kappa shape index (κ1) is 17.2. The molecule has 4 rings (SSSR count). The second-order valence-corrected chi connectivity index (χ2v) is 7.93. The van der Waals surface area contributed by atoms with Crippen molar-refractivity contribution in [2.24, 2.45) is 5.41 Å². The molecule has 0 unspecified atom stereocenters. The Bertz CT molecular complexity index is 725. The van der Waals surface area contributed by atoms with Crippen LogP contribution in [0.2, 0.25) is 0 Å². The van der Waals surface area contributed by atoms with Crippen molar-refractivity contribution in [3.8, 4) is 17.6 Å². The van der Waals surface area contributed by atoms with Crippen LogP contribution in [0.3, 0.4) is 0 Å². The van der Waals surface area contributed by atoms with Crippen LogP contribution < -0.4 is 14.8 Å². The van der Waals surface area contributed by atoms with Crippen LogP contribution in [0.15, 0.2) is 18.2 Å². The maximum absolute atomic E-state index is 12.8. The van der Waals surface area contributed by atoms with Crippen molar-refractivity contribution in [2.75, 3.05) is 19.8 Å². The summed E-state index contributed by atoms with van der Waals surface area (Å²) in [4.78, 5) is 12.8. The highest BCUT2D eigenvalue weighted by Crippen LogP contribution is 2.44. The number of benzene rings is 1. The van der Waals surface area contributed by atoms with E-state index in [1.54, 1.807) is 0 Å². The van der Waals surface area contributed by atoms with Crippen molar-refractivity contribution in [3.05, 3.63) is 23.8 Å². The van der Waals surface area contributed by atoms with Crippen LogP contribution in [0.1, 0.15) is 56.9 Å². The molecule has 0 atom stereocenters. The minimum atomic E-state index is -0.813. The van der Waals surface area contributed by atoms with Crippen LogP contribution in [0, 0.1) is 16.7 Å². The quantitative estimate of drug-likeness (QED) is 0.899. The third kappa shape index (κ3) is 2.92. The Labute approximate surface area is 154 Å². The van der Waals surface area contributed by atoms with Crippen molar-refractivity contribution in [2.45, 2.75) is 56.8 Å². The van der Waals surface area contributed by atoms with Gasteiger partial charge < -0.3 is 14.8 Å². The van der Waals surface area contributed by atoms with Gasteiger partial charge in [0.05, 0.1) is 6.07 Å². The van der Waals surface area contributed by atoms with E-state index in [0.29, 0.717) is 32.6 Å². The van der Waals surface area contributed by atoms with Gasteiger partial charge in [0.1, 0.15) is 18.6 Å².